The lowest BCUT2D eigenvalue weighted by molar-refractivity contribution is 0.317. The van der Waals surface area contributed by atoms with Gasteiger partial charge in [0.05, 0.1) is 6.04 Å². The molecule has 0 aliphatic carbocycles. The first-order valence-electron chi connectivity index (χ1n) is 8.10. The number of nitrogens with one attached hydrogen (secondary N) is 1. The summed E-state index contributed by atoms with van der Waals surface area (Å²) in [6.45, 7) is 10.3. The van der Waals surface area contributed by atoms with E-state index in [-0.39, 0.29) is 23.3 Å². The molecular formula is C18H26FN3O. The van der Waals surface area contributed by atoms with E-state index in [4.69, 9.17) is 4.52 Å². The fourth-order valence-corrected chi connectivity index (χ4v) is 2.37. The van der Waals surface area contributed by atoms with Crippen molar-refractivity contribution in [1.29, 1.82) is 0 Å². The highest BCUT2D eigenvalue weighted by atomic mass is 19.1. The summed E-state index contributed by atoms with van der Waals surface area (Å²) in [5.41, 5.74) is 0.892. The zero-order valence-electron chi connectivity index (χ0n) is 14.6. The minimum atomic E-state index is -0.183. The van der Waals surface area contributed by atoms with Crippen LogP contribution in [-0.4, -0.2) is 16.2 Å². The van der Waals surface area contributed by atoms with Crippen molar-refractivity contribution in [1.82, 2.24) is 15.5 Å². The van der Waals surface area contributed by atoms with Crippen molar-refractivity contribution in [2.75, 3.05) is 0 Å². The summed E-state index contributed by atoms with van der Waals surface area (Å²) in [5, 5.41) is 7.51. The first-order chi connectivity index (χ1) is 10.8. The Labute approximate surface area is 137 Å². The van der Waals surface area contributed by atoms with Crippen LogP contribution >= 0.6 is 0 Å². The smallest absolute Gasteiger partial charge is 0.243 e. The van der Waals surface area contributed by atoms with Crippen molar-refractivity contribution in [2.45, 2.75) is 65.0 Å². The molecule has 4 nitrogen and oxygen atoms in total. The van der Waals surface area contributed by atoms with Crippen molar-refractivity contribution in [2.24, 2.45) is 0 Å². The van der Waals surface area contributed by atoms with E-state index >= 15 is 0 Å². The van der Waals surface area contributed by atoms with E-state index < -0.39 is 0 Å². The molecule has 2 unspecified atom stereocenters. The van der Waals surface area contributed by atoms with Crippen molar-refractivity contribution >= 4 is 0 Å². The lowest BCUT2D eigenvalue weighted by Gasteiger charge is -2.17. The van der Waals surface area contributed by atoms with Gasteiger partial charge in [-0.05, 0) is 44.4 Å². The summed E-state index contributed by atoms with van der Waals surface area (Å²) < 4.78 is 18.5. The van der Waals surface area contributed by atoms with E-state index in [0.29, 0.717) is 11.7 Å². The van der Waals surface area contributed by atoms with Crippen molar-refractivity contribution in [3.05, 3.63) is 47.4 Å². The first kappa shape index (κ1) is 17.6. The number of hydrogen-bond donors (Lipinski definition) is 1. The highest BCUT2D eigenvalue weighted by Crippen LogP contribution is 2.21. The molecule has 126 valence electrons. The second kappa shape index (κ2) is 7.21. The van der Waals surface area contributed by atoms with Gasteiger partial charge in [-0.2, -0.15) is 4.98 Å². The topological polar surface area (TPSA) is 51.0 Å². The number of hydrogen-bond acceptors (Lipinski definition) is 4. The quantitative estimate of drug-likeness (QED) is 0.868. The molecular weight excluding hydrogens is 293 g/mol. The van der Waals surface area contributed by atoms with Crippen LogP contribution < -0.4 is 5.32 Å². The minimum Gasteiger partial charge on any atom is -0.338 e. The lowest BCUT2D eigenvalue weighted by atomic mass is 9.96. The van der Waals surface area contributed by atoms with Crippen LogP contribution in [0.15, 0.2) is 28.8 Å². The van der Waals surface area contributed by atoms with Gasteiger partial charge in [-0.1, -0.05) is 38.1 Å². The largest absolute Gasteiger partial charge is 0.338 e. The summed E-state index contributed by atoms with van der Waals surface area (Å²) in [5.74, 6) is 1.14. The number of aromatic nitrogens is 2. The summed E-state index contributed by atoms with van der Waals surface area (Å²) in [6.07, 6.45) is 1.74. The Morgan fingerprint density at radius 3 is 2.61 bits per heavy atom. The van der Waals surface area contributed by atoms with Crippen LogP contribution in [0.2, 0.25) is 0 Å². The highest BCUT2D eigenvalue weighted by molar-refractivity contribution is 5.16. The molecule has 2 rings (SSSR count). The van der Waals surface area contributed by atoms with Gasteiger partial charge in [-0.15, -0.1) is 0 Å². The zero-order chi connectivity index (χ0) is 17.0. The standard InChI is InChI=1S/C18H26FN3O/c1-12(9-10-14-7-6-8-15(19)11-14)20-13(2)16-21-17(22-23-16)18(3,4)5/h6-8,11-13,20H,9-10H2,1-5H3. The molecule has 1 aromatic carbocycles. The van der Waals surface area contributed by atoms with Gasteiger partial charge in [0.2, 0.25) is 5.89 Å². The second-order valence-corrected chi connectivity index (χ2v) is 7.16. The van der Waals surface area contributed by atoms with E-state index in [0.717, 1.165) is 18.4 Å². The van der Waals surface area contributed by atoms with Crippen molar-refractivity contribution in [3.8, 4) is 0 Å². The second-order valence-electron chi connectivity index (χ2n) is 7.16. The third-order valence-corrected chi connectivity index (χ3v) is 3.77. The molecule has 0 amide bonds. The Morgan fingerprint density at radius 2 is 2.00 bits per heavy atom. The molecule has 0 aliphatic heterocycles. The molecule has 0 saturated heterocycles. The van der Waals surface area contributed by atoms with Gasteiger partial charge in [-0.25, -0.2) is 4.39 Å². The molecule has 0 fully saturated rings. The molecule has 2 aromatic rings. The molecule has 0 spiro atoms. The van der Waals surface area contributed by atoms with E-state index in [1.165, 1.54) is 6.07 Å². The van der Waals surface area contributed by atoms with Gasteiger partial charge in [0.1, 0.15) is 5.82 Å². The van der Waals surface area contributed by atoms with E-state index in [1.807, 2.05) is 13.0 Å². The third kappa shape index (κ3) is 5.13. The van der Waals surface area contributed by atoms with E-state index in [9.17, 15) is 4.39 Å². The summed E-state index contributed by atoms with van der Waals surface area (Å²) in [6, 6.07) is 7.00. The Bertz CT molecular complexity index is 633. The average molecular weight is 319 g/mol. The van der Waals surface area contributed by atoms with Gasteiger partial charge >= 0.3 is 0 Å². The Hall–Kier alpha value is -1.75. The fourth-order valence-electron chi connectivity index (χ4n) is 2.37. The number of halogens is 1. The van der Waals surface area contributed by atoms with Crippen LogP contribution in [0.1, 0.15) is 64.4 Å². The maximum Gasteiger partial charge on any atom is 0.243 e. The Morgan fingerprint density at radius 1 is 1.26 bits per heavy atom. The predicted molar refractivity (Wildman–Crippen MR) is 88.7 cm³/mol. The highest BCUT2D eigenvalue weighted by Gasteiger charge is 2.23. The number of nitrogens with zero attached hydrogens (tertiary/aromatic N) is 2. The van der Waals surface area contributed by atoms with Crippen LogP contribution in [0.5, 0.6) is 0 Å². The summed E-state index contributed by atoms with van der Waals surface area (Å²) in [4.78, 5) is 4.47. The molecule has 1 N–H and O–H groups in total. The van der Waals surface area contributed by atoms with Gasteiger partial charge in [0, 0.05) is 11.5 Å². The van der Waals surface area contributed by atoms with E-state index in [1.54, 1.807) is 12.1 Å². The monoisotopic (exact) mass is 319 g/mol. The third-order valence-electron chi connectivity index (χ3n) is 3.77. The molecule has 1 heterocycles. The molecule has 0 bridgehead atoms. The fraction of sp³-hybridized carbons (Fsp3) is 0.556. The van der Waals surface area contributed by atoms with Crippen LogP contribution in [-0.2, 0) is 11.8 Å². The van der Waals surface area contributed by atoms with Gasteiger partial charge in [-0.3, -0.25) is 0 Å². The van der Waals surface area contributed by atoms with Crippen LogP contribution in [0, 0.1) is 5.82 Å². The number of rotatable bonds is 6. The van der Waals surface area contributed by atoms with Crippen LogP contribution in [0.25, 0.3) is 0 Å². The molecule has 1 aromatic heterocycles. The predicted octanol–water partition coefficient (Wildman–Crippen LogP) is 4.18. The van der Waals surface area contributed by atoms with E-state index in [2.05, 4.69) is 43.2 Å². The molecule has 0 radical (unpaired) electrons. The molecule has 0 aliphatic rings. The Kier molecular flexibility index (Phi) is 5.52. The molecule has 0 saturated carbocycles. The van der Waals surface area contributed by atoms with Crippen molar-refractivity contribution < 1.29 is 8.91 Å². The maximum absolute atomic E-state index is 13.2. The minimum absolute atomic E-state index is 0.0129. The number of benzene rings is 1. The molecule has 2 atom stereocenters. The van der Waals surface area contributed by atoms with Gasteiger partial charge in [0.25, 0.3) is 0 Å². The average Bonchev–Trinajstić information content (AvgIpc) is 2.95. The van der Waals surface area contributed by atoms with Gasteiger partial charge < -0.3 is 9.84 Å². The van der Waals surface area contributed by atoms with Gasteiger partial charge in [0.15, 0.2) is 5.82 Å². The SMILES string of the molecule is CC(CCc1cccc(F)c1)NC(C)c1nc(C(C)(C)C)no1. The first-order valence-corrected chi connectivity index (χ1v) is 8.10. The lowest BCUT2D eigenvalue weighted by Crippen LogP contribution is -2.29. The maximum atomic E-state index is 13.2. The molecule has 5 heteroatoms. The van der Waals surface area contributed by atoms with Crippen LogP contribution in [0.3, 0.4) is 0 Å². The molecule has 23 heavy (non-hydrogen) atoms. The van der Waals surface area contributed by atoms with Crippen LogP contribution in [0.4, 0.5) is 4.39 Å². The zero-order valence-corrected chi connectivity index (χ0v) is 14.6. The summed E-state index contributed by atoms with van der Waals surface area (Å²) in [7, 11) is 0. The number of aryl methyl sites for hydroxylation is 1. The normalized spacial score (nSPS) is 14.7. The Balaban J connectivity index is 1.87. The summed E-state index contributed by atoms with van der Waals surface area (Å²) >= 11 is 0. The van der Waals surface area contributed by atoms with Crippen molar-refractivity contribution in [3.63, 3.8) is 0 Å².